The van der Waals surface area contributed by atoms with Gasteiger partial charge in [0.25, 0.3) is 0 Å². The second kappa shape index (κ2) is 5.92. The van der Waals surface area contributed by atoms with Crippen molar-refractivity contribution in [3.05, 3.63) is 23.8 Å². The van der Waals surface area contributed by atoms with E-state index in [1.807, 2.05) is 18.2 Å². The lowest BCUT2D eigenvalue weighted by Crippen LogP contribution is -2.19. The third kappa shape index (κ3) is 3.13. The van der Waals surface area contributed by atoms with Gasteiger partial charge in [-0.1, -0.05) is 12.5 Å². The van der Waals surface area contributed by atoms with Crippen LogP contribution in [0.1, 0.15) is 24.8 Å². The summed E-state index contributed by atoms with van der Waals surface area (Å²) in [5.74, 6) is 2.52. The van der Waals surface area contributed by atoms with Gasteiger partial charge in [-0.25, -0.2) is 0 Å². The highest BCUT2D eigenvalue weighted by atomic mass is 16.5. The predicted molar refractivity (Wildman–Crippen MR) is 68.6 cm³/mol. The Bertz CT molecular complexity index is 361. The standard InChI is InChI=1S/C14H21NO2/c1-16-13-6-5-12(7-8-15)14(9-13)17-10-11-3-2-4-11/h5-6,9,11H,2-4,7-8,10,15H2,1H3. The van der Waals surface area contributed by atoms with Gasteiger partial charge in [0, 0.05) is 6.07 Å². The Balaban J connectivity index is 2.03. The maximum absolute atomic E-state index is 5.90. The van der Waals surface area contributed by atoms with Gasteiger partial charge in [0.15, 0.2) is 0 Å². The number of methoxy groups -OCH3 is 1. The van der Waals surface area contributed by atoms with Crippen molar-refractivity contribution < 1.29 is 9.47 Å². The minimum atomic E-state index is 0.645. The van der Waals surface area contributed by atoms with Crippen molar-refractivity contribution in [3.8, 4) is 11.5 Å². The molecule has 0 bridgehead atoms. The maximum atomic E-state index is 5.90. The summed E-state index contributed by atoms with van der Waals surface area (Å²) in [5, 5.41) is 0. The summed E-state index contributed by atoms with van der Waals surface area (Å²) in [6, 6.07) is 5.96. The monoisotopic (exact) mass is 235 g/mol. The molecule has 0 heterocycles. The average Bonchev–Trinajstić information content (AvgIpc) is 2.29. The first-order valence-electron chi connectivity index (χ1n) is 6.33. The van der Waals surface area contributed by atoms with Gasteiger partial charge >= 0.3 is 0 Å². The molecule has 0 saturated heterocycles. The number of hydrogen-bond donors (Lipinski definition) is 1. The maximum Gasteiger partial charge on any atom is 0.126 e. The van der Waals surface area contributed by atoms with E-state index in [0.29, 0.717) is 6.54 Å². The van der Waals surface area contributed by atoms with Gasteiger partial charge in [0.05, 0.1) is 13.7 Å². The molecule has 0 amide bonds. The van der Waals surface area contributed by atoms with E-state index in [0.717, 1.165) is 30.4 Å². The Hall–Kier alpha value is -1.22. The van der Waals surface area contributed by atoms with E-state index in [1.165, 1.54) is 24.8 Å². The second-order valence-corrected chi connectivity index (χ2v) is 4.62. The third-order valence-electron chi connectivity index (χ3n) is 3.39. The summed E-state index contributed by atoms with van der Waals surface area (Å²) in [6.45, 7) is 1.47. The van der Waals surface area contributed by atoms with Crippen LogP contribution in [0.2, 0.25) is 0 Å². The molecular weight excluding hydrogens is 214 g/mol. The summed E-state index contributed by atoms with van der Waals surface area (Å²) in [4.78, 5) is 0. The molecule has 94 valence electrons. The van der Waals surface area contributed by atoms with Gasteiger partial charge < -0.3 is 15.2 Å². The van der Waals surface area contributed by atoms with E-state index in [2.05, 4.69) is 0 Å². The zero-order chi connectivity index (χ0) is 12.1. The summed E-state index contributed by atoms with van der Waals surface area (Å²) in [7, 11) is 1.67. The van der Waals surface area contributed by atoms with Gasteiger partial charge in [-0.15, -0.1) is 0 Å². The molecule has 17 heavy (non-hydrogen) atoms. The molecule has 1 fully saturated rings. The van der Waals surface area contributed by atoms with Crippen molar-refractivity contribution in [2.75, 3.05) is 20.3 Å². The average molecular weight is 235 g/mol. The van der Waals surface area contributed by atoms with E-state index in [4.69, 9.17) is 15.2 Å². The van der Waals surface area contributed by atoms with E-state index in [9.17, 15) is 0 Å². The van der Waals surface area contributed by atoms with Crippen LogP contribution < -0.4 is 15.2 Å². The Labute approximate surface area is 103 Å². The number of benzene rings is 1. The zero-order valence-electron chi connectivity index (χ0n) is 10.4. The van der Waals surface area contributed by atoms with Crippen molar-refractivity contribution in [1.29, 1.82) is 0 Å². The largest absolute Gasteiger partial charge is 0.497 e. The zero-order valence-corrected chi connectivity index (χ0v) is 10.4. The van der Waals surface area contributed by atoms with Crippen LogP contribution in [0, 0.1) is 5.92 Å². The molecule has 0 aliphatic heterocycles. The minimum absolute atomic E-state index is 0.645. The smallest absolute Gasteiger partial charge is 0.126 e. The van der Waals surface area contributed by atoms with Gasteiger partial charge in [-0.2, -0.15) is 0 Å². The summed E-state index contributed by atoms with van der Waals surface area (Å²) < 4.78 is 11.1. The molecule has 0 spiro atoms. The van der Waals surface area contributed by atoms with E-state index >= 15 is 0 Å². The van der Waals surface area contributed by atoms with E-state index in [1.54, 1.807) is 7.11 Å². The van der Waals surface area contributed by atoms with Crippen LogP contribution in [0.25, 0.3) is 0 Å². The number of rotatable bonds is 6. The third-order valence-corrected chi connectivity index (χ3v) is 3.39. The summed E-state index contributed by atoms with van der Waals surface area (Å²) >= 11 is 0. The van der Waals surface area contributed by atoms with Crippen molar-refractivity contribution in [3.63, 3.8) is 0 Å². The summed E-state index contributed by atoms with van der Waals surface area (Å²) in [6.07, 6.45) is 4.80. The number of nitrogens with two attached hydrogens (primary N) is 1. The number of hydrogen-bond acceptors (Lipinski definition) is 3. The molecule has 1 aliphatic rings. The van der Waals surface area contributed by atoms with Crippen LogP contribution in [0.3, 0.4) is 0 Å². The minimum Gasteiger partial charge on any atom is -0.497 e. The van der Waals surface area contributed by atoms with Crippen molar-refractivity contribution in [2.45, 2.75) is 25.7 Å². The van der Waals surface area contributed by atoms with Crippen molar-refractivity contribution in [1.82, 2.24) is 0 Å². The van der Waals surface area contributed by atoms with Crippen molar-refractivity contribution in [2.24, 2.45) is 11.7 Å². The van der Waals surface area contributed by atoms with E-state index < -0.39 is 0 Å². The fraction of sp³-hybridized carbons (Fsp3) is 0.571. The molecule has 1 aliphatic carbocycles. The molecule has 2 N–H and O–H groups in total. The molecule has 0 aromatic heterocycles. The van der Waals surface area contributed by atoms with Gasteiger partial charge in [-0.3, -0.25) is 0 Å². The van der Waals surface area contributed by atoms with E-state index in [-0.39, 0.29) is 0 Å². The Morgan fingerprint density at radius 3 is 2.76 bits per heavy atom. The van der Waals surface area contributed by atoms with Gasteiger partial charge in [0.1, 0.15) is 11.5 Å². The Morgan fingerprint density at radius 1 is 1.35 bits per heavy atom. The predicted octanol–water partition coefficient (Wildman–Crippen LogP) is 2.38. The summed E-state index contributed by atoms with van der Waals surface area (Å²) in [5.41, 5.74) is 6.78. The molecule has 3 heteroatoms. The second-order valence-electron chi connectivity index (χ2n) is 4.62. The first kappa shape index (κ1) is 12.2. The SMILES string of the molecule is COc1ccc(CCN)c(OCC2CCC2)c1. The van der Waals surface area contributed by atoms with Crippen LogP contribution in [-0.4, -0.2) is 20.3 Å². The molecular formula is C14H21NO2. The molecule has 0 atom stereocenters. The highest BCUT2D eigenvalue weighted by Crippen LogP contribution is 2.30. The lowest BCUT2D eigenvalue weighted by molar-refractivity contribution is 0.179. The van der Waals surface area contributed by atoms with Gasteiger partial charge in [-0.05, 0) is 43.4 Å². The Kier molecular flexibility index (Phi) is 4.26. The molecule has 0 unspecified atom stereocenters. The van der Waals surface area contributed by atoms with Crippen LogP contribution in [0.4, 0.5) is 0 Å². The molecule has 1 saturated carbocycles. The molecule has 3 nitrogen and oxygen atoms in total. The molecule has 1 aromatic carbocycles. The Morgan fingerprint density at radius 2 is 2.18 bits per heavy atom. The quantitative estimate of drug-likeness (QED) is 0.823. The topological polar surface area (TPSA) is 44.5 Å². The van der Waals surface area contributed by atoms with Crippen LogP contribution in [0.5, 0.6) is 11.5 Å². The van der Waals surface area contributed by atoms with Gasteiger partial charge in [0.2, 0.25) is 0 Å². The first-order chi connectivity index (χ1) is 8.33. The molecule has 1 aromatic rings. The highest BCUT2D eigenvalue weighted by molar-refractivity contribution is 5.41. The lowest BCUT2D eigenvalue weighted by Gasteiger charge is -2.25. The fourth-order valence-electron chi connectivity index (χ4n) is 2.03. The lowest BCUT2D eigenvalue weighted by atomic mass is 9.86. The highest BCUT2D eigenvalue weighted by Gasteiger charge is 2.18. The van der Waals surface area contributed by atoms with Crippen LogP contribution >= 0.6 is 0 Å². The normalized spacial score (nSPS) is 15.4. The van der Waals surface area contributed by atoms with Crippen LogP contribution in [0.15, 0.2) is 18.2 Å². The fourth-order valence-corrected chi connectivity index (χ4v) is 2.03. The number of ether oxygens (including phenoxy) is 2. The molecule has 2 rings (SSSR count). The first-order valence-corrected chi connectivity index (χ1v) is 6.33. The van der Waals surface area contributed by atoms with Crippen molar-refractivity contribution >= 4 is 0 Å². The molecule has 0 radical (unpaired) electrons. The van der Waals surface area contributed by atoms with Crippen LogP contribution in [-0.2, 0) is 6.42 Å².